The van der Waals surface area contributed by atoms with Gasteiger partial charge in [0, 0.05) is 29.8 Å². The molecule has 0 bridgehead atoms. The number of carboxylic acids is 1. The van der Waals surface area contributed by atoms with Gasteiger partial charge in [-0.2, -0.15) is 0 Å². The number of carbonyl (C=O) groups excluding carboxylic acids is 1. The number of ether oxygens (including phenoxy) is 2. The van der Waals surface area contributed by atoms with Gasteiger partial charge in [-0.15, -0.1) is 13.2 Å². The number of hydrogen-bond acceptors (Lipinski definition) is 5. The Kier molecular flexibility index (Phi) is 7.23. The van der Waals surface area contributed by atoms with Gasteiger partial charge in [-0.05, 0) is 60.7 Å². The van der Waals surface area contributed by atoms with E-state index in [1.54, 1.807) is 53.4 Å². The average Bonchev–Trinajstić information content (AvgIpc) is 3.41. The zero-order chi connectivity index (χ0) is 28.3. The molecule has 40 heavy (non-hydrogen) atoms. The molecule has 1 saturated heterocycles. The lowest BCUT2D eigenvalue weighted by Gasteiger charge is -2.41. The summed E-state index contributed by atoms with van der Waals surface area (Å²) < 4.78 is 48.6. The van der Waals surface area contributed by atoms with Crippen LogP contribution in [0, 0.1) is 0 Å². The third-order valence-electron chi connectivity index (χ3n) is 6.04. The number of hydrogen-bond donors (Lipinski definition) is 3. The Morgan fingerprint density at radius 2 is 1.52 bits per heavy atom. The highest BCUT2D eigenvalue weighted by Gasteiger charge is 2.32. The molecule has 206 valence electrons. The van der Waals surface area contributed by atoms with Crippen molar-refractivity contribution in [3.05, 3.63) is 96.8 Å². The van der Waals surface area contributed by atoms with Gasteiger partial charge in [-0.25, -0.2) is 9.59 Å². The summed E-state index contributed by atoms with van der Waals surface area (Å²) in [6.07, 6.45) is -1.36. The number of carbonyl (C=O) groups is 2. The third kappa shape index (κ3) is 6.29. The summed E-state index contributed by atoms with van der Waals surface area (Å²) in [4.78, 5) is 26.3. The summed E-state index contributed by atoms with van der Waals surface area (Å²) >= 11 is 0. The fraction of sp³-hybridized carbons (Fsp3) is 0.143. The van der Waals surface area contributed by atoms with Crippen LogP contribution in [0.25, 0.3) is 5.69 Å². The lowest BCUT2D eigenvalue weighted by atomic mass is 10.1. The summed E-state index contributed by atoms with van der Waals surface area (Å²) in [6, 6.07) is 19.8. The van der Waals surface area contributed by atoms with E-state index in [4.69, 9.17) is 4.74 Å². The normalized spacial score (nSPS) is 13.3. The number of halogens is 3. The van der Waals surface area contributed by atoms with Crippen molar-refractivity contribution in [1.29, 1.82) is 0 Å². The number of nitrogens with zero attached hydrogens (tertiary/aromatic N) is 2. The zero-order valence-electron chi connectivity index (χ0n) is 20.8. The van der Waals surface area contributed by atoms with Gasteiger partial charge in [0.2, 0.25) is 0 Å². The van der Waals surface area contributed by atoms with Crippen molar-refractivity contribution in [2.24, 2.45) is 0 Å². The summed E-state index contributed by atoms with van der Waals surface area (Å²) in [5, 5.41) is 14.9. The minimum absolute atomic E-state index is 0.160. The van der Waals surface area contributed by atoms with Crippen LogP contribution < -0.4 is 25.0 Å². The van der Waals surface area contributed by atoms with Gasteiger partial charge < -0.3 is 34.7 Å². The molecule has 0 aliphatic carbocycles. The maximum atomic E-state index is 12.4. The van der Waals surface area contributed by atoms with Crippen LogP contribution in [0.1, 0.15) is 10.4 Å². The van der Waals surface area contributed by atoms with E-state index in [1.165, 1.54) is 12.1 Å². The molecular weight excluding hydrogens is 529 g/mol. The molecule has 9 nitrogen and oxygen atoms in total. The molecule has 5 rings (SSSR count). The van der Waals surface area contributed by atoms with E-state index in [0.29, 0.717) is 30.2 Å². The van der Waals surface area contributed by atoms with Crippen LogP contribution in [0.4, 0.5) is 35.0 Å². The van der Waals surface area contributed by atoms with E-state index in [1.807, 2.05) is 23.1 Å². The first-order chi connectivity index (χ1) is 19.1. The second kappa shape index (κ2) is 10.9. The monoisotopic (exact) mass is 552 g/mol. The Labute approximate surface area is 226 Å². The molecule has 0 radical (unpaired) electrons. The molecule has 3 aromatic carbocycles. The number of alkyl halides is 3. The Hall–Kier alpha value is -5.13. The van der Waals surface area contributed by atoms with Crippen molar-refractivity contribution in [1.82, 2.24) is 4.57 Å². The Bertz CT molecular complexity index is 1500. The SMILES string of the molecule is O=C(Nc1ccc(OC(F)(F)F)cc1)Nc1cccc(OC2CN(c3cccc(C(=O)O)c3-n3cccc3)C2)c1. The van der Waals surface area contributed by atoms with Gasteiger partial charge in [-0.3, -0.25) is 0 Å². The van der Waals surface area contributed by atoms with Gasteiger partial charge in [0.15, 0.2) is 0 Å². The molecule has 4 aromatic rings. The van der Waals surface area contributed by atoms with E-state index in [0.717, 1.165) is 17.8 Å². The van der Waals surface area contributed by atoms with E-state index < -0.39 is 24.1 Å². The largest absolute Gasteiger partial charge is 0.573 e. The van der Waals surface area contributed by atoms with E-state index in [2.05, 4.69) is 15.4 Å². The maximum Gasteiger partial charge on any atom is 0.573 e. The topological polar surface area (TPSA) is 105 Å². The molecule has 0 spiro atoms. The number of amides is 2. The van der Waals surface area contributed by atoms with Crippen molar-refractivity contribution in [3.8, 4) is 17.2 Å². The number of anilines is 3. The number of urea groups is 1. The second-order valence-electron chi connectivity index (χ2n) is 8.89. The van der Waals surface area contributed by atoms with Gasteiger partial charge in [0.1, 0.15) is 17.6 Å². The van der Waals surface area contributed by atoms with Crippen molar-refractivity contribution in [2.45, 2.75) is 12.5 Å². The standard InChI is InChI=1S/C28H23F3N4O5/c29-28(30,31)40-20-11-9-18(10-12-20)32-27(38)33-19-5-3-6-21(15-19)39-22-16-35(17-22)24-8-4-7-23(26(36)37)25(24)34-13-1-2-14-34/h1-15,22H,16-17H2,(H,36,37)(H2,32,33,38). The molecule has 1 aromatic heterocycles. The first-order valence-corrected chi connectivity index (χ1v) is 12.1. The van der Waals surface area contributed by atoms with Crippen LogP contribution in [0.5, 0.6) is 11.5 Å². The second-order valence-corrected chi connectivity index (χ2v) is 8.89. The molecule has 0 atom stereocenters. The molecule has 1 fully saturated rings. The molecular formula is C28H23F3N4O5. The summed E-state index contributed by atoms with van der Waals surface area (Å²) in [5.41, 5.74) is 2.28. The van der Waals surface area contributed by atoms with Gasteiger partial charge >= 0.3 is 18.4 Å². The maximum absolute atomic E-state index is 12.4. The van der Waals surface area contributed by atoms with E-state index in [9.17, 15) is 27.9 Å². The molecule has 2 amide bonds. The quantitative estimate of drug-likeness (QED) is 0.248. The minimum atomic E-state index is -4.80. The van der Waals surface area contributed by atoms with Crippen LogP contribution in [0.15, 0.2) is 91.3 Å². The van der Waals surface area contributed by atoms with Crippen LogP contribution in [0.2, 0.25) is 0 Å². The average molecular weight is 553 g/mol. The number of aromatic nitrogens is 1. The molecule has 0 saturated carbocycles. The highest BCUT2D eigenvalue weighted by molar-refractivity contribution is 6.00. The van der Waals surface area contributed by atoms with Crippen molar-refractivity contribution < 1.29 is 37.3 Å². The zero-order valence-corrected chi connectivity index (χ0v) is 20.8. The lowest BCUT2D eigenvalue weighted by molar-refractivity contribution is -0.274. The van der Waals surface area contributed by atoms with Crippen LogP contribution in [0.3, 0.4) is 0 Å². The minimum Gasteiger partial charge on any atom is -0.487 e. The summed E-state index contributed by atoms with van der Waals surface area (Å²) in [7, 11) is 0. The van der Waals surface area contributed by atoms with E-state index in [-0.39, 0.29) is 17.4 Å². The number of para-hydroxylation sites is 1. The first kappa shape index (κ1) is 26.5. The van der Waals surface area contributed by atoms with Crippen molar-refractivity contribution >= 4 is 29.1 Å². The highest BCUT2D eigenvalue weighted by Crippen LogP contribution is 2.33. The Balaban J connectivity index is 1.18. The highest BCUT2D eigenvalue weighted by atomic mass is 19.4. The Morgan fingerprint density at radius 1 is 0.850 bits per heavy atom. The van der Waals surface area contributed by atoms with Crippen molar-refractivity contribution in [3.63, 3.8) is 0 Å². The van der Waals surface area contributed by atoms with Crippen LogP contribution in [-0.4, -0.2) is 47.2 Å². The van der Waals surface area contributed by atoms with Gasteiger partial charge in [0.25, 0.3) is 0 Å². The molecule has 1 aliphatic heterocycles. The molecule has 2 heterocycles. The fourth-order valence-corrected chi connectivity index (χ4v) is 4.30. The molecule has 12 heteroatoms. The van der Waals surface area contributed by atoms with Gasteiger partial charge in [-0.1, -0.05) is 12.1 Å². The predicted octanol–water partition coefficient (Wildman–Crippen LogP) is 5.99. The predicted molar refractivity (Wildman–Crippen MR) is 142 cm³/mol. The van der Waals surface area contributed by atoms with Gasteiger partial charge in [0.05, 0.1) is 30.0 Å². The van der Waals surface area contributed by atoms with Crippen LogP contribution >= 0.6 is 0 Å². The van der Waals surface area contributed by atoms with Crippen LogP contribution in [-0.2, 0) is 0 Å². The summed E-state index contributed by atoms with van der Waals surface area (Å²) in [5.74, 6) is -0.880. The molecule has 1 aliphatic rings. The first-order valence-electron chi connectivity index (χ1n) is 12.1. The lowest BCUT2D eigenvalue weighted by Crippen LogP contribution is -2.54. The number of rotatable bonds is 8. The number of nitrogens with one attached hydrogen (secondary N) is 2. The molecule has 3 N–H and O–H groups in total. The third-order valence-corrected chi connectivity index (χ3v) is 6.04. The number of aromatic carboxylic acids is 1. The smallest absolute Gasteiger partial charge is 0.487 e. The molecule has 0 unspecified atom stereocenters. The fourth-order valence-electron chi connectivity index (χ4n) is 4.30. The Morgan fingerprint density at radius 3 is 2.20 bits per heavy atom. The van der Waals surface area contributed by atoms with E-state index >= 15 is 0 Å². The van der Waals surface area contributed by atoms with Crippen molar-refractivity contribution in [2.75, 3.05) is 28.6 Å². The summed E-state index contributed by atoms with van der Waals surface area (Å²) in [6.45, 7) is 1.06. The number of benzene rings is 3. The number of carboxylic acid groups (broad SMARTS) is 1.